The van der Waals surface area contributed by atoms with Gasteiger partial charge in [0.05, 0.1) is 11.8 Å². The molecule has 2 aromatic carbocycles. The second-order valence-electron chi connectivity index (χ2n) is 8.06. The third kappa shape index (κ3) is 3.72. The molecule has 146 valence electrons. The van der Waals surface area contributed by atoms with Gasteiger partial charge in [-0.05, 0) is 63.8 Å². The molecule has 1 aliphatic rings. The van der Waals surface area contributed by atoms with Crippen molar-refractivity contribution < 1.29 is 9.59 Å². The van der Waals surface area contributed by atoms with Crippen molar-refractivity contribution in [1.82, 2.24) is 0 Å². The summed E-state index contributed by atoms with van der Waals surface area (Å²) in [6, 6.07) is 8.16. The molecule has 2 amide bonds. The number of hydrogen-bond acceptors (Lipinski definition) is 2. The maximum Gasteiger partial charge on any atom is 0.232 e. The van der Waals surface area contributed by atoms with Gasteiger partial charge >= 0.3 is 0 Å². The fraction of sp³-hybridized carbons (Fsp3) is 0.333. The van der Waals surface area contributed by atoms with Crippen molar-refractivity contribution in [3.05, 3.63) is 69.8 Å². The van der Waals surface area contributed by atoms with E-state index in [9.17, 15) is 9.59 Å². The highest BCUT2D eigenvalue weighted by Crippen LogP contribution is 2.46. The van der Waals surface area contributed by atoms with E-state index >= 15 is 0 Å². The van der Waals surface area contributed by atoms with Crippen LogP contribution in [0.3, 0.4) is 0 Å². The molecule has 4 nitrogen and oxygen atoms in total. The zero-order chi connectivity index (χ0) is 20.7. The highest BCUT2D eigenvalue weighted by atomic mass is 16.2. The third-order valence-corrected chi connectivity index (χ3v) is 5.44. The Morgan fingerprint density at radius 2 is 0.964 bits per heavy atom. The van der Waals surface area contributed by atoms with E-state index < -0.39 is 11.8 Å². The van der Waals surface area contributed by atoms with Crippen molar-refractivity contribution in [2.24, 2.45) is 11.8 Å². The van der Waals surface area contributed by atoms with Crippen molar-refractivity contribution in [2.75, 3.05) is 10.6 Å². The summed E-state index contributed by atoms with van der Waals surface area (Å²) in [7, 11) is 0. The first-order valence-electron chi connectivity index (χ1n) is 9.56. The number of nitrogens with one attached hydrogen (secondary N) is 2. The molecule has 0 bridgehead atoms. The number of anilines is 2. The molecule has 28 heavy (non-hydrogen) atoms. The largest absolute Gasteiger partial charge is 0.325 e. The van der Waals surface area contributed by atoms with Crippen LogP contribution in [0.25, 0.3) is 0 Å². The molecule has 0 aromatic heterocycles. The second kappa shape index (κ2) is 7.27. The Morgan fingerprint density at radius 3 is 1.25 bits per heavy atom. The minimum absolute atomic E-state index is 0.169. The topological polar surface area (TPSA) is 58.2 Å². The molecule has 4 heteroatoms. The van der Waals surface area contributed by atoms with Gasteiger partial charge < -0.3 is 10.6 Å². The van der Waals surface area contributed by atoms with Gasteiger partial charge in [-0.15, -0.1) is 0 Å². The monoisotopic (exact) mass is 376 g/mol. The minimum atomic E-state index is -0.480. The lowest BCUT2D eigenvalue weighted by Crippen LogP contribution is -2.22. The predicted molar refractivity (Wildman–Crippen MR) is 115 cm³/mol. The molecule has 0 spiro atoms. The van der Waals surface area contributed by atoms with Gasteiger partial charge in [0.25, 0.3) is 0 Å². The molecule has 2 aromatic rings. The van der Waals surface area contributed by atoms with Gasteiger partial charge in [-0.1, -0.05) is 47.5 Å². The van der Waals surface area contributed by atoms with E-state index in [0.29, 0.717) is 5.57 Å². The van der Waals surface area contributed by atoms with Gasteiger partial charge in [-0.2, -0.15) is 0 Å². The number of rotatable bonds is 4. The van der Waals surface area contributed by atoms with Crippen molar-refractivity contribution >= 4 is 23.2 Å². The first kappa shape index (κ1) is 19.9. The second-order valence-corrected chi connectivity index (χ2v) is 8.06. The van der Waals surface area contributed by atoms with Gasteiger partial charge in [-0.3, -0.25) is 9.59 Å². The Labute approximate surface area is 167 Å². The molecular formula is C24H28N2O2. The van der Waals surface area contributed by atoms with Crippen LogP contribution in [0.4, 0.5) is 11.4 Å². The molecule has 2 N–H and O–H groups in total. The summed E-state index contributed by atoms with van der Waals surface area (Å²) in [5.74, 6) is -1.30. The summed E-state index contributed by atoms with van der Waals surface area (Å²) in [6.07, 6.45) is 0. The lowest BCUT2D eigenvalue weighted by atomic mass is 10.0. The standard InChI is InChI=1S/C24H28N2O2/c1-12-8-14(3)21(15(4)9-12)25-23(27)19-18(7)20(19)24(28)26-22-16(5)10-13(2)11-17(22)6/h8-11,19-20H,7H2,1-6H3,(H,25,27)(H,26,28)/t19-,20+. The molecule has 0 heterocycles. The van der Waals surface area contributed by atoms with Gasteiger partial charge in [0, 0.05) is 11.4 Å². The van der Waals surface area contributed by atoms with Crippen LogP contribution in [0.2, 0.25) is 0 Å². The maximum absolute atomic E-state index is 12.8. The minimum Gasteiger partial charge on any atom is -0.325 e. The lowest BCUT2D eigenvalue weighted by Gasteiger charge is -2.14. The highest BCUT2D eigenvalue weighted by Gasteiger charge is 2.52. The Kier molecular flexibility index (Phi) is 5.16. The van der Waals surface area contributed by atoms with E-state index in [0.717, 1.165) is 44.8 Å². The Bertz CT molecular complexity index is 878. The van der Waals surface area contributed by atoms with Crippen LogP contribution >= 0.6 is 0 Å². The van der Waals surface area contributed by atoms with E-state index in [1.54, 1.807) is 0 Å². The van der Waals surface area contributed by atoms with Crippen molar-refractivity contribution in [2.45, 2.75) is 41.5 Å². The lowest BCUT2D eigenvalue weighted by molar-refractivity contribution is -0.122. The van der Waals surface area contributed by atoms with E-state index in [2.05, 4.69) is 17.2 Å². The molecule has 0 saturated heterocycles. The van der Waals surface area contributed by atoms with E-state index in [1.165, 1.54) is 0 Å². The first-order valence-corrected chi connectivity index (χ1v) is 9.56. The summed E-state index contributed by atoms with van der Waals surface area (Å²) in [4.78, 5) is 25.5. The van der Waals surface area contributed by atoms with E-state index in [-0.39, 0.29) is 11.8 Å². The van der Waals surface area contributed by atoms with Crippen LogP contribution in [-0.2, 0) is 9.59 Å². The summed E-state index contributed by atoms with van der Waals surface area (Å²) in [6.45, 7) is 15.9. The summed E-state index contributed by atoms with van der Waals surface area (Å²) in [5.41, 5.74) is 8.69. The normalized spacial score (nSPS) is 18.0. The molecular weight excluding hydrogens is 348 g/mol. The SMILES string of the molecule is C=C1[C@H](C(=O)Nc2c(C)cc(C)cc2C)[C@@H]1C(=O)Nc1c(C)cc(C)cc1C. The Morgan fingerprint density at radius 1 is 0.679 bits per heavy atom. The molecule has 0 unspecified atom stereocenters. The predicted octanol–water partition coefficient (Wildman–Crippen LogP) is 4.92. The molecule has 0 radical (unpaired) electrons. The fourth-order valence-corrected chi connectivity index (χ4v) is 4.11. The first-order chi connectivity index (χ1) is 13.1. The average Bonchev–Trinajstić information content (AvgIpc) is 3.25. The smallest absolute Gasteiger partial charge is 0.232 e. The number of carbonyl (C=O) groups is 2. The summed E-state index contributed by atoms with van der Waals surface area (Å²) < 4.78 is 0. The number of benzene rings is 2. The highest BCUT2D eigenvalue weighted by molar-refractivity contribution is 6.08. The zero-order valence-corrected chi connectivity index (χ0v) is 17.5. The number of aryl methyl sites for hydroxylation is 6. The van der Waals surface area contributed by atoms with Crippen LogP contribution in [0.1, 0.15) is 33.4 Å². The van der Waals surface area contributed by atoms with Gasteiger partial charge in [0.1, 0.15) is 0 Å². The Hall–Kier alpha value is -2.88. The van der Waals surface area contributed by atoms with Gasteiger partial charge in [0.2, 0.25) is 11.8 Å². The molecule has 1 aliphatic carbocycles. The molecule has 2 atom stereocenters. The number of hydrogen-bond donors (Lipinski definition) is 2. The van der Waals surface area contributed by atoms with Crippen molar-refractivity contribution in [1.29, 1.82) is 0 Å². The number of amides is 2. The van der Waals surface area contributed by atoms with Crippen LogP contribution in [0.5, 0.6) is 0 Å². The van der Waals surface area contributed by atoms with Crippen molar-refractivity contribution in [3.63, 3.8) is 0 Å². The van der Waals surface area contributed by atoms with Gasteiger partial charge in [0.15, 0.2) is 0 Å². The average molecular weight is 377 g/mol. The molecule has 3 rings (SSSR count). The molecule has 0 aliphatic heterocycles. The number of carbonyl (C=O) groups excluding carboxylic acids is 2. The quantitative estimate of drug-likeness (QED) is 0.745. The van der Waals surface area contributed by atoms with Crippen LogP contribution in [0, 0.1) is 53.4 Å². The van der Waals surface area contributed by atoms with Crippen LogP contribution in [0.15, 0.2) is 36.4 Å². The molecule has 1 fully saturated rings. The van der Waals surface area contributed by atoms with E-state index in [4.69, 9.17) is 0 Å². The molecule has 1 saturated carbocycles. The zero-order valence-electron chi connectivity index (χ0n) is 17.5. The van der Waals surface area contributed by atoms with Gasteiger partial charge in [-0.25, -0.2) is 0 Å². The Balaban J connectivity index is 1.72. The van der Waals surface area contributed by atoms with Crippen LogP contribution in [-0.4, -0.2) is 11.8 Å². The van der Waals surface area contributed by atoms with Crippen LogP contribution < -0.4 is 10.6 Å². The third-order valence-electron chi connectivity index (χ3n) is 5.44. The summed E-state index contributed by atoms with van der Waals surface area (Å²) >= 11 is 0. The van der Waals surface area contributed by atoms with E-state index in [1.807, 2.05) is 65.8 Å². The maximum atomic E-state index is 12.8. The van der Waals surface area contributed by atoms with Crippen molar-refractivity contribution in [3.8, 4) is 0 Å². The summed E-state index contributed by atoms with van der Waals surface area (Å²) in [5, 5.41) is 5.99. The fourth-order valence-electron chi connectivity index (χ4n) is 4.11.